The predicted octanol–water partition coefficient (Wildman–Crippen LogP) is 6.14. The summed E-state index contributed by atoms with van der Waals surface area (Å²) in [4.78, 5) is 27.4. The lowest BCUT2D eigenvalue weighted by Crippen LogP contribution is -2.36. The van der Waals surface area contributed by atoms with Crippen LogP contribution in [-0.4, -0.2) is 27.1 Å². The Balaban J connectivity index is 1.98. The van der Waals surface area contributed by atoms with E-state index in [-0.39, 0.29) is 6.42 Å². The summed E-state index contributed by atoms with van der Waals surface area (Å²) in [5.41, 5.74) is 0.141. The van der Waals surface area contributed by atoms with Gasteiger partial charge in [-0.15, -0.1) is 22.7 Å². The molecule has 3 rings (SSSR count). The van der Waals surface area contributed by atoms with Crippen molar-refractivity contribution in [2.24, 2.45) is 0 Å². The van der Waals surface area contributed by atoms with Crippen LogP contribution in [0.5, 0.6) is 0 Å². The summed E-state index contributed by atoms with van der Waals surface area (Å²) < 4.78 is 11.8. The van der Waals surface area contributed by atoms with Crippen molar-refractivity contribution in [1.29, 1.82) is 0 Å². The van der Waals surface area contributed by atoms with E-state index < -0.39 is 17.7 Å². The maximum absolute atomic E-state index is 12.9. The van der Waals surface area contributed by atoms with Gasteiger partial charge in [0, 0.05) is 9.75 Å². The van der Waals surface area contributed by atoms with Crippen molar-refractivity contribution in [2.75, 3.05) is 4.90 Å². The van der Waals surface area contributed by atoms with E-state index in [4.69, 9.17) is 9.84 Å². The molecule has 3 aromatic heterocycles. The minimum Gasteiger partial charge on any atom is -0.481 e. The van der Waals surface area contributed by atoms with Gasteiger partial charge < -0.3 is 9.84 Å². The van der Waals surface area contributed by atoms with Crippen molar-refractivity contribution in [3.05, 3.63) is 31.7 Å². The minimum atomic E-state index is -0.843. The predicted molar refractivity (Wildman–Crippen MR) is 118 cm³/mol. The van der Waals surface area contributed by atoms with E-state index in [9.17, 15) is 9.59 Å². The number of aliphatic carboxylic acids is 1. The molecule has 3 heterocycles. The van der Waals surface area contributed by atoms with Gasteiger partial charge in [0.25, 0.3) is 0 Å². The number of halogens is 1. The van der Waals surface area contributed by atoms with Gasteiger partial charge in [0.05, 0.1) is 22.1 Å². The molecule has 0 atom stereocenters. The summed E-state index contributed by atoms with van der Waals surface area (Å²) in [6.07, 6.45) is 0.0344. The molecule has 6 nitrogen and oxygen atoms in total. The zero-order valence-corrected chi connectivity index (χ0v) is 19.6. The molecule has 0 radical (unpaired) electrons. The largest absolute Gasteiger partial charge is 0.481 e. The first-order valence-corrected chi connectivity index (χ1v) is 11.7. The van der Waals surface area contributed by atoms with Crippen molar-refractivity contribution in [3.8, 4) is 0 Å². The van der Waals surface area contributed by atoms with E-state index in [1.54, 1.807) is 16.2 Å². The van der Waals surface area contributed by atoms with Crippen LogP contribution in [0.25, 0.3) is 10.2 Å². The fourth-order valence-corrected chi connectivity index (χ4v) is 6.27. The van der Waals surface area contributed by atoms with Crippen LogP contribution in [0.4, 0.5) is 9.80 Å². The number of carboxylic acid groups (broad SMARTS) is 1. The Labute approximate surface area is 183 Å². The highest BCUT2D eigenvalue weighted by Crippen LogP contribution is 2.44. The number of carboxylic acids is 1. The number of amides is 1. The van der Waals surface area contributed by atoms with E-state index in [0.29, 0.717) is 18.0 Å². The summed E-state index contributed by atoms with van der Waals surface area (Å²) in [5.74, 6) is -0.843. The van der Waals surface area contributed by atoms with Gasteiger partial charge in [0.15, 0.2) is 0 Å². The van der Waals surface area contributed by atoms with E-state index in [1.807, 2.05) is 38.3 Å². The maximum atomic E-state index is 12.9. The first-order valence-electron chi connectivity index (χ1n) is 8.47. The van der Waals surface area contributed by atoms with Crippen LogP contribution >= 0.6 is 50.1 Å². The van der Waals surface area contributed by atoms with Crippen LogP contribution in [0.15, 0.2) is 22.0 Å². The maximum Gasteiger partial charge on any atom is 0.415 e. The number of aromatic nitrogens is 1. The minimum absolute atomic E-state index is 0.0471. The summed E-state index contributed by atoms with van der Waals surface area (Å²) in [7, 11) is 0. The van der Waals surface area contributed by atoms with Crippen molar-refractivity contribution >= 4 is 77.4 Å². The number of carbonyl (C=O) groups excluding carboxylic acids is 1. The van der Waals surface area contributed by atoms with Crippen LogP contribution in [0.1, 0.15) is 36.9 Å². The normalized spacial score (nSPS) is 11.7. The second-order valence-electron chi connectivity index (χ2n) is 7.04. The van der Waals surface area contributed by atoms with Gasteiger partial charge in [0.2, 0.25) is 0 Å². The van der Waals surface area contributed by atoms with Gasteiger partial charge in [-0.25, -0.2) is 4.79 Å². The van der Waals surface area contributed by atoms with Crippen molar-refractivity contribution in [3.63, 3.8) is 0 Å². The molecular formula is C18H19BrN2O4S3. The molecule has 28 heavy (non-hydrogen) atoms. The Bertz CT molecular complexity index is 989. The number of hydrogen-bond donors (Lipinski definition) is 1. The van der Waals surface area contributed by atoms with Crippen LogP contribution in [-0.2, 0) is 22.5 Å². The Morgan fingerprint density at radius 3 is 2.71 bits per heavy atom. The third-order valence-electron chi connectivity index (χ3n) is 3.63. The van der Waals surface area contributed by atoms with Gasteiger partial charge in [-0.1, -0.05) is 6.07 Å². The number of thiophene rings is 2. The number of rotatable bonds is 6. The molecule has 0 aliphatic rings. The summed E-state index contributed by atoms with van der Waals surface area (Å²) in [5, 5.41) is 11.6. The molecule has 150 valence electrons. The van der Waals surface area contributed by atoms with Crippen LogP contribution in [0.2, 0.25) is 0 Å². The number of ether oxygens (including phenoxy) is 1. The number of anilines is 1. The molecule has 0 aromatic carbocycles. The van der Waals surface area contributed by atoms with Gasteiger partial charge in [-0.2, -0.15) is 4.37 Å². The van der Waals surface area contributed by atoms with E-state index in [1.165, 1.54) is 22.9 Å². The topological polar surface area (TPSA) is 79.7 Å². The summed E-state index contributed by atoms with van der Waals surface area (Å²) in [6.45, 7) is 5.90. The van der Waals surface area contributed by atoms with Gasteiger partial charge in [-0.05, 0) is 66.1 Å². The molecule has 3 aromatic rings. The second-order valence-corrected chi connectivity index (χ2v) is 10.7. The first-order chi connectivity index (χ1) is 13.2. The smallest absolute Gasteiger partial charge is 0.415 e. The van der Waals surface area contributed by atoms with Crippen molar-refractivity contribution < 1.29 is 19.4 Å². The molecular weight excluding hydrogens is 484 g/mol. The van der Waals surface area contributed by atoms with E-state index >= 15 is 0 Å². The molecule has 0 saturated carbocycles. The first kappa shape index (κ1) is 21.2. The third kappa shape index (κ3) is 4.91. The molecule has 0 fully saturated rings. The molecule has 0 aliphatic carbocycles. The molecule has 1 N–H and O–H groups in total. The fraction of sp³-hybridized carbons (Fsp3) is 0.389. The van der Waals surface area contributed by atoms with Crippen LogP contribution in [0.3, 0.4) is 0 Å². The highest BCUT2D eigenvalue weighted by Gasteiger charge is 2.29. The Morgan fingerprint density at radius 1 is 1.36 bits per heavy atom. The summed E-state index contributed by atoms with van der Waals surface area (Å²) >= 11 is 7.82. The quantitative estimate of drug-likeness (QED) is 0.437. The highest BCUT2D eigenvalue weighted by atomic mass is 79.9. The Morgan fingerprint density at radius 2 is 2.11 bits per heavy atom. The van der Waals surface area contributed by atoms with Crippen molar-refractivity contribution in [2.45, 2.75) is 45.8 Å². The lowest BCUT2D eigenvalue weighted by molar-refractivity contribution is -0.136. The van der Waals surface area contributed by atoms with E-state index in [2.05, 4.69) is 20.3 Å². The lowest BCUT2D eigenvalue weighted by atomic mass is 10.2. The van der Waals surface area contributed by atoms with Gasteiger partial charge in [-0.3, -0.25) is 9.69 Å². The van der Waals surface area contributed by atoms with Gasteiger partial charge >= 0.3 is 12.1 Å². The van der Waals surface area contributed by atoms with E-state index in [0.717, 1.165) is 24.4 Å². The van der Waals surface area contributed by atoms with Crippen molar-refractivity contribution in [1.82, 2.24) is 4.37 Å². The van der Waals surface area contributed by atoms with Crippen LogP contribution < -0.4 is 4.90 Å². The number of aryl methyl sites for hydroxylation is 1. The molecule has 0 aliphatic heterocycles. The zero-order valence-electron chi connectivity index (χ0n) is 15.5. The molecule has 0 spiro atoms. The zero-order chi connectivity index (χ0) is 20.5. The second kappa shape index (κ2) is 8.48. The molecule has 0 saturated heterocycles. The Hall–Kier alpha value is -1.49. The number of fused-ring (bicyclic) bond motifs is 1. The number of hydrogen-bond acceptors (Lipinski definition) is 7. The summed E-state index contributed by atoms with van der Waals surface area (Å²) in [6, 6.07) is 3.92. The fourth-order valence-electron chi connectivity index (χ4n) is 2.45. The standard InChI is InChI=1S/C18H19BrN2O4S3/c1-18(2,3)25-17(24)21(9-10-5-4-8-26-10)16-15-14(20-28-16)13(19)11(27-15)6-7-12(22)23/h4-5,8H,6-7,9H2,1-3H3,(H,22,23). The van der Waals surface area contributed by atoms with Gasteiger partial charge in [0.1, 0.15) is 16.1 Å². The molecule has 0 unspecified atom stereocenters. The highest BCUT2D eigenvalue weighted by molar-refractivity contribution is 9.10. The average Bonchev–Trinajstić information content (AvgIpc) is 3.28. The SMILES string of the molecule is CC(C)(C)OC(=O)N(Cc1cccs1)c1snc2c(Br)c(CCC(=O)O)sc12. The monoisotopic (exact) mass is 502 g/mol. The lowest BCUT2D eigenvalue weighted by Gasteiger charge is -2.26. The Kier molecular flexibility index (Phi) is 6.43. The van der Waals surface area contributed by atoms with Crippen LogP contribution in [0, 0.1) is 0 Å². The molecule has 10 heteroatoms. The number of nitrogens with zero attached hydrogens (tertiary/aromatic N) is 2. The molecule has 1 amide bonds. The number of carbonyl (C=O) groups is 2. The molecule has 0 bridgehead atoms. The average molecular weight is 503 g/mol. The third-order valence-corrected chi connectivity index (χ3v) is 7.85.